The van der Waals surface area contributed by atoms with Crippen LogP contribution in [0.5, 0.6) is 0 Å². The minimum atomic E-state index is -0.629. The second kappa shape index (κ2) is 2.17. The lowest BCUT2D eigenvalue weighted by Crippen LogP contribution is -2.08. The molecular weight excluding hydrogens is 140 g/mol. The Bertz CT molecular complexity index is 289. The van der Waals surface area contributed by atoms with E-state index in [2.05, 4.69) is 9.98 Å². The molecule has 0 spiro atoms. The molecule has 0 N–H and O–H groups in total. The van der Waals surface area contributed by atoms with E-state index < -0.39 is 5.66 Å². The first-order valence-electron chi connectivity index (χ1n) is 3.09. The highest BCUT2D eigenvalue weighted by molar-refractivity contribution is 6.54. The zero-order valence-corrected chi connectivity index (χ0v) is 6.29. The Hall–Kier alpha value is -1.68. The fraction of sp³-hybridized carbons (Fsp3) is 0.429. The van der Waals surface area contributed by atoms with E-state index in [-0.39, 0.29) is 11.4 Å². The molecule has 1 aliphatic rings. The van der Waals surface area contributed by atoms with Crippen LogP contribution in [0.25, 0.3) is 0 Å². The molecular formula is C7H6N4. The van der Waals surface area contributed by atoms with Crippen molar-refractivity contribution in [1.29, 1.82) is 10.5 Å². The molecule has 4 nitrogen and oxygen atoms in total. The Morgan fingerprint density at radius 1 is 1.09 bits per heavy atom. The maximum absolute atomic E-state index is 8.49. The number of aliphatic imine (C=N–C) groups is 2. The van der Waals surface area contributed by atoms with Crippen LogP contribution in [0.2, 0.25) is 0 Å². The summed E-state index contributed by atoms with van der Waals surface area (Å²) in [7, 11) is 0. The largest absolute Gasteiger partial charge is 0.242 e. The van der Waals surface area contributed by atoms with Gasteiger partial charge in [0.1, 0.15) is 17.8 Å². The van der Waals surface area contributed by atoms with Gasteiger partial charge in [-0.15, -0.1) is 0 Å². The van der Waals surface area contributed by atoms with Crippen molar-refractivity contribution >= 4 is 11.4 Å². The Morgan fingerprint density at radius 3 is 1.73 bits per heavy atom. The summed E-state index contributed by atoms with van der Waals surface area (Å²) in [6.07, 6.45) is 0. The number of nitrogens with zero attached hydrogens (tertiary/aromatic N) is 4. The lowest BCUT2D eigenvalue weighted by atomic mass is 10.3. The van der Waals surface area contributed by atoms with Gasteiger partial charge in [0.15, 0.2) is 11.4 Å². The fourth-order valence-corrected chi connectivity index (χ4v) is 0.834. The van der Waals surface area contributed by atoms with Gasteiger partial charge >= 0.3 is 0 Å². The average Bonchev–Trinajstić information content (AvgIpc) is 2.25. The summed E-state index contributed by atoms with van der Waals surface area (Å²) in [4.78, 5) is 7.84. The molecule has 4 heteroatoms. The zero-order chi connectivity index (χ0) is 8.48. The van der Waals surface area contributed by atoms with Gasteiger partial charge in [0, 0.05) is 0 Å². The SMILES string of the molecule is CC1(C)N=C(C#N)C(C#N)=N1. The first-order valence-corrected chi connectivity index (χ1v) is 3.09. The highest BCUT2D eigenvalue weighted by Crippen LogP contribution is 2.17. The van der Waals surface area contributed by atoms with Crippen molar-refractivity contribution in [2.75, 3.05) is 0 Å². The predicted molar refractivity (Wildman–Crippen MR) is 40.2 cm³/mol. The van der Waals surface area contributed by atoms with Gasteiger partial charge in [-0.1, -0.05) is 0 Å². The summed E-state index contributed by atoms with van der Waals surface area (Å²) in [6.45, 7) is 3.49. The first-order chi connectivity index (χ1) is 5.09. The van der Waals surface area contributed by atoms with Crippen molar-refractivity contribution in [1.82, 2.24) is 0 Å². The molecule has 1 aliphatic heterocycles. The molecule has 0 amide bonds. The maximum Gasteiger partial charge on any atom is 0.174 e. The summed E-state index contributed by atoms with van der Waals surface area (Å²) >= 11 is 0. The third-order valence-corrected chi connectivity index (χ3v) is 1.21. The van der Waals surface area contributed by atoms with Crippen LogP contribution in [0.3, 0.4) is 0 Å². The van der Waals surface area contributed by atoms with Crippen LogP contribution in [0.1, 0.15) is 13.8 Å². The number of hydrogen-bond donors (Lipinski definition) is 0. The molecule has 0 bridgehead atoms. The minimum absolute atomic E-state index is 0.137. The van der Waals surface area contributed by atoms with Gasteiger partial charge in [0.2, 0.25) is 0 Å². The molecule has 0 saturated carbocycles. The zero-order valence-electron chi connectivity index (χ0n) is 6.29. The molecule has 0 aromatic rings. The van der Waals surface area contributed by atoms with Crippen LogP contribution >= 0.6 is 0 Å². The molecule has 0 atom stereocenters. The van der Waals surface area contributed by atoms with Crippen LogP contribution in [0, 0.1) is 22.7 Å². The average molecular weight is 146 g/mol. The normalized spacial score (nSPS) is 19.6. The summed E-state index contributed by atoms with van der Waals surface area (Å²) in [5.74, 6) is 0. The van der Waals surface area contributed by atoms with Gasteiger partial charge in [-0.2, -0.15) is 10.5 Å². The van der Waals surface area contributed by atoms with E-state index in [4.69, 9.17) is 10.5 Å². The third-order valence-electron chi connectivity index (χ3n) is 1.21. The Morgan fingerprint density at radius 2 is 1.45 bits per heavy atom. The van der Waals surface area contributed by atoms with Crippen molar-refractivity contribution in [3.8, 4) is 12.1 Å². The van der Waals surface area contributed by atoms with E-state index in [9.17, 15) is 0 Å². The van der Waals surface area contributed by atoms with Crippen LogP contribution in [0.15, 0.2) is 9.98 Å². The quantitative estimate of drug-likeness (QED) is 0.503. The second-order valence-corrected chi connectivity index (χ2v) is 2.64. The predicted octanol–water partition coefficient (Wildman–Crippen LogP) is 0.665. The Kier molecular flexibility index (Phi) is 1.47. The molecule has 0 radical (unpaired) electrons. The van der Waals surface area contributed by atoms with E-state index in [1.165, 1.54) is 0 Å². The van der Waals surface area contributed by atoms with Crippen LogP contribution in [-0.2, 0) is 0 Å². The van der Waals surface area contributed by atoms with Crippen LogP contribution in [-0.4, -0.2) is 17.1 Å². The van der Waals surface area contributed by atoms with E-state index in [0.717, 1.165) is 0 Å². The van der Waals surface area contributed by atoms with E-state index in [1.54, 1.807) is 13.8 Å². The van der Waals surface area contributed by atoms with Gasteiger partial charge in [-0.3, -0.25) is 0 Å². The third kappa shape index (κ3) is 1.25. The van der Waals surface area contributed by atoms with Crippen molar-refractivity contribution in [3.05, 3.63) is 0 Å². The number of hydrogen-bond acceptors (Lipinski definition) is 4. The Balaban J connectivity index is 3.14. The molecule has 0 unspecified atom stereocenters. The molecule has 1 rings (SSSR count). The fourth-order valence-electron chi connectivity index (χ4n) is 0.834. The highest BCUT2D eigenvalue weighted by Gasteiger charge is 2.26. The Labute approximate surface area is 64.5 Å². The molecule has 0 aromatic carbocycles. The number of rotatable bonds is 0. The summed E-state index contributed by atoms with van der Waals surface area (Å²) in [5, 5.41) is 17.0. The molecule has 0 aromatic heterocycles. The van der Waals surface area contributed by atoms with Gasteiger partial charge < -0.3 is 0 Å². The topological polar surface area (TPSA) is 72.3 Å². The van der Waals surface area contributed by atoms with Gasteiger partial charge in [-0.25, -0.2) is 9.98 Å². The summed E-state index contributed by atoms with van der Waals surface area (Å²) < 4.78 is 0. The number of nitriles is 2. The van der Waals surface area contributed by atoms with Gasteiger partial charge in [0.05, 0.1) is 0 Å². The van der Waals surface area contributed by atoms with Crippen molar-refractivity contribution in [3.63, 3.8) is 0 Å². The lowest BCUT2D eigenvalue weighted by molar-refractivity contribution is 0.567. The maximum atomic E-state index is 8.49. The van der Waals surface area contributed by atoms with Crippen molar-refractivity contribution in [2.24, 2.45) is 9.98 Å². The van der Waals surface area contributed by atoms with Crippen molar-refractivity contribution in [2.45, 2.75) is 19.5 Å². The monoisotopic (exact) mass is 146 g/mol. The lowest BCUT2D eigenvalue weighted by Gasteiger charge is -2.06. The molecule has 0 aliphatic carbocycles. The second-order valence-electron chi connectivity index (χ2n) is 2.64. The first kappa shape index (κ1) is 7.43. The summed E-state index contributed by atoms with van der Waals surface area (Å²) in [6, 6.07) is 3.63. The summed E-state index contributed by atoms with van der Waals surface area (Å²) in [5.41, 5.74) is -0.356. The minimum Gasteiger partial charge on any atom is -0.242 e. The standard InChI is InChI=1S/C7H6N4/c1-7(2)10-5(3-8)6(4-9)11-7/h1-2H3. The molecule has 0 fully saturated rings. The van der Waals surface area contributed by atoms with E-state index >= 15 is 0 Å². The van der Waals surface area contributed by atoms with Gasteiger partial charge in [-0.05, 0) is 13.8 Å². The molecule has 0 saturated heterocycles. The van der Waals surface area contributed by atoms with E-state index in [1.807, 2.05) is 12.1 Å². The van der Waals surface area contributed by atoms with Crippen LogP contribution < -0.4 is 0 Å². The van der Waals surface area contributed by atoms with Crippen molar-refractivity contribution < 1.29 is 0 Å². The molecule has 11 heavy (non-hydrogen) atoms. The smallest absolute Gasteiger partial charge is 0.174 e. The highest BCUT2D eigenvalue weighted by atomic mass is 15.1. The van der Waals surface area contributed by atoms with Crippen LogP contribution in [0.4, 0.5) is 0 Å². The molecule has 1 heterocycles. The molecule has 54 valence electrons. The van der Waals surface area contributed by atoms with E-state index in [0.29, 0.717) is 0 Å². The van der Waals surface area contributed by atoms with Gasteiger partial charge in [0.25, 0.3) is 0 Å².